The third kappa shape index (κ3) is 3.11. The summed E-state index contributed by atoms with van der Waals surface area (Å²) in [5.41, 5.74) is 0. The van der Waals surface area contributed by atoms with Gasteiger partial charge in [0.15, 0.2) is 6.04 Å². The maximum Gasteiger partial charge on any atom is 0.328 e. The minimum atomic E-state index is -1.03. The van der Waals surface area contributed by atoms with Crippen molar-refractivity contribution in [2.75, 3.05) is 39.5 Å². The van der Waals surface area contributed by atoms with Crippen molar-refractivity contribution in [2.24, 2.45) is 5.92 Å². The molecule has 0 aromatic rings. The predicted octanol–water partition coefficient (Wildman–Crippen LogP) is -0.482. The molecule has 102 valence electrons. The van der Waals surface area contributed by atoms with Crippen molar-refractivity contribution in [3.63, 3.8) is 0 Å². The molecule has 2 heterocycles. The summed E-state index contributed by atoms with van der Waals surface area (Å²) in [7, 11) is 0. The van der Waals surface area contributed by atoms with Gasteiger partial charge in [0.2, 0.25) is 0 Å². The number of carboxylic acids is 1. The molecule has 0 bridgehead atoms. The van der Waals surface area contributed by atoms with Gasteiger partial charge in [0.1, 0.15) is 0 Å². The minimum absolute atomic E-state index is 0.0509. The number of hydrogen-bond donors (Lipinski definition) is 2. The number of nitrogens with one attached hydrogen (secondary N) is 1. The van der Waals surface area contributed by atoms with E-state index in [4.69, 9.17) is 14.6 Å². The van der Waals surface area contributed by atoms with E-state index in [0.717, 1.165) is 13.0 Å². The van der Waals surface area contributed by atoms with Gasteiger partial charge < -0.3 is 24.8 Å². The SMILES string of the molecule is O=C(O)C1COCCN1C(=O)NCC1CCOC1. The second-order valence-corrected chi connectivity index (χ2v) is 4.54. The first-order chi connectivity index (χ1) is 8.68. The van der Waals surface area contributed by atoms with Crippen molar-refractivity contribution >= 4 is 12.0 Å². The molecule has 2 aliphatic rings. The van der Waals surface area contributed by atoms with Crippen LogP contribution >= 0.6 is 0 Å². The van der Waals surface area contributed by atoms with Crippen molar-refractivity contribution in [3.8, 4) is 0 Å². The molecule has 2 aliphatic heterocycles. The molecule has 0 radical (unpaired) electrons. The standard InChI is InChI=1S/C11H18N2O5/c14-10(15)9-7-18-4-2-13(9)11(16)12-5-8-1-3-17-6-8/h8-9H,1-7H2,(H,12,16)(H,14,15). The van der Waals surface area contributed by atoms with E-state index in [-0.39, 0.29) is 12.6 Å². The van der Waals surface area contributed by atoms with E-state index < -0.39 is 12.0 Å². The normalized spacial score (nSPS) is 28.1. The fraction of sp³-hybridized carbons (Fsp3) is 0.818. The molecule has 0 spiro atoms. The van der Waals surface area contributed by atoms with Gasteiger partial charge in [-0.1, -0.05) is 0 Å². The maximum atomic E-state index is 11.9. The first kappa shape index (κ1) is 13.1. The smallest absolute Gasteiger partial charge is 0.328 e. The van der Waals surface area contributed by atoms with Gasteiger partial charge in [-0.3, -0.25) is 0 Å². The molecule has 0 aliphatic carbocycles. The lowest BCUT2D eigenvalue weighted by Gasteiger charge is -2.33. The van der Waals surface area contributed by atoms with Crippen LogP contribution in [0.15, 0.2) is 0 Å². The Balaban J connectivity index is 1.83. The van der Waals surface area contributed by atoms with Crippen molar-refractivity contribution in [3.05, 3.63) is 0 Å². The molecule has 0 aromatic heterocycles. The highest BCUT2D eigenvalue weighted by atomic mass is 16.5. The zero-order chi connectivity index (χ0) is 13.0. The maximum absolute atomic E-state index is 11.9. The van der Waals surface area contributed by atoms with Crippen LogP contribution in [0.2, 0.25) is 0 Å². The molecule has 0 aromatic carbocycles. The van der Waals surface area contributed by atoms with Crippen LogP contribution in [0.4, 0.5) is 4.79 Å². The summed E-state index contributed by atoms with van der Waals surface area (Å²) in [5, 5.41) is 11.8. The van der Waals surface area contributed by atoms with Gasteiger partial charge in [-0.25, -0.2) is 9.59 Å². The molecule has 18 heavy (non-hydrogen) atoms. The summed E-state index contributed by atoms with van der Waals surface area (Å²) in [6, 6.07) is -1.23. The number of morpholine rings is 1. The van der Waals surface area contributed by atoms with Crippen LogP contribution in [0.25, 0.3) is 0 Å². The molecule has 7 nitrogen and oxygen atoms in total. The average Bonchev–Trinajstić information content (AvgIpc) is 2.89. The lowest BCUT2D eigenvalue weighted by molar-refractivity contribution is -0.147. The summed E-state index contributed by atoms with van der Waals surface area (Å²) in [4.78, 5) is 24.3. The molecular weight excluding hydrogens is 240 g/mol. The average molecular weight is 258 g/mol. The molecule has 2 atom stereocenters. The fourth-order valence-corrected chi connectivity index (χ4v) is 2.13. The predicted molar refractivity (Wildman–Crippen MR) is 61.3 cm³/mol. The van der Waals surface area contributed by atoms with Crippen LogP contribution in [0.3, 0.4) is 0 Å². The third-order valence-electron chi connectivity index (χ3n) is 3.24. The van der Waals surface area contributed by atoms with Gasteiger partial charge in [-0.15, -0.1) is 0 Å². The lowest BCUT2D eigenvalue weighted by Crippen LogP contribution is -2.56. The van der Waals surface area contributed by atoms with Crippen LogP contribution in [0, 0.1) is 5.92 Å². The van der Waals surface area contributed by atoms with E-state index in [9.17, 15) is 9.59 Å². The number of hydrogen-bond acceptors (Lipinski definition) is 4. The highest BCUT2D eigenvalue weighted by Crippen LogP contribution is 2.12. The topological polar surface area (TPSA) is 88.1 Å². The van der Waals surface area contributed by atoms with E-state index in [1.165, 1.54) is 4.90 Å². The molecule has 2 unspecified atom stereocenters. The second-order valence-electron chi connectivity index (χ2n) is 4.54. The van der Waals surface area contributed by atoms with Crippen LogP contribution in [0.1, 0.15) is 6.42 Å². The zero-order valence-corrected chi connectivity index (χ0v) is 10.1. The highest BCUT2D eigenvalue weighted by molar-refractivity contribution is 5.83. The van der Waals surface area contributed by atoms with E-state index >= 15 is 0 Å². The first-order valence-corrected chi connectivity index (χ1v) is 6.11. The van der Waals surface area contributed by atoms with Crippen LogP contribution < -0.4 is 5.32 Å². The van der Waals surface area contributed by atoms with Crippen LogP contribution in [-0.2, 0) is 14.3 Å². The molecule has 7 heteroatoms. The van der Waals surface area contributed by atoms with Gasteiger partial charge in [-0.2, -0.15) is 0 Å². The second kappa shape index (κ2) is 6.01. The number of amides is 2. The Morgan fingerprint density at radius 2 is 2.06 bits per heavy atom. The minimum Gasteiger partial charge on any atom is -0.480 e. The largest absolute Gasteiger partial charge is 0.480 e. The van der Waals surface area contributed by atoms with E-state index in [2.05, 4.69) is 5.32 Å². The number of urea groups is 1. The van der Waals surface area contributed by atoms with Crippen LogP contribution in [0.5, 0.6) is 0 Å². The Hall–Kier alpha value is -1.34. The summed E-state index contributed by atoms with van der Waals surface area (Å²) in [5.74, 6) is -0.702. The number of nitrogens with zero attached hydrogens (tertiary/aromatic N) is 1. The third-order valence-corrected chi connectivity index (χ3v) is 3.24. The summed E-state index contributed by atoms with van der Waals surface area (Å²) in [6.45, 7) is 2.66. The zero-order valence-electron chi connectivity index (χ0n) is 10.1. The van der Waals surface area contributed by atoms with E-state index in [1.54, 1.807) is 0 Å². The van der Waals surface area contributed by atoms with Crippen molar-refractivity contribution < 1.29 is 24.2 Å². The first-order valence-electron chi connectivity index (χ1n) is 6.11. The van der Waals surface area contributed by atoms with Gasteiger partial charge in [0, 0.05) is 25.6 Å². The van der Waals surface area contributed by atoms with Gasteiger partial charge in [0.05, 0.1) is 19.8 Å². The number of ether oxygens (including phenoxy) is 2. The number of carbonyl (C=O) groups excluding carboxylic acids is 1. The van der Waals surface area contributed by atoms with Gasteiger partial charge >= 0.3 is 12.0 Å². The van der Waals surface area contributed by atoms with Crippen molar-refractivity contribution in [1.82, 2.24) is 10.2 Å². The number of carbonyl (C=O) groups is 2. The molecule has 2 amide bonds. The van der Waals surface area contributed by atoms with Gasteiger partial charge in [-0.05, 0) is 6.42 Å². The van der Waals surface area contributed by atoms with Crippen molar-refractivity contribution in [1.29, 1.82) is 0 Å². The summed E-state index contributed by atoms with van der Waals surface area (Å²) >= 11 is 0. The quantitative estimate of drug-likeness (QED) is 0.713. The Morgan fingerprint density at radius 3 is 2.72 bits per heavy atom. The number of rotatable bonds is 3. The number of carboxylic acid groups (broad SMARTS) is 1. The molecule has 2 N–H and O–H groups in total. The molecular formula is C11H18N2O5. The summed E-state index contributed by atoms with van der Waals surface area (Å²) in [6.07, 6.45) is 0.936. The van der Waals surface area contributed by atoms with Crippen molar-refractivity contribution in [2.45, 2.75) is 12.5 Å². The molecule has 0 saturated carbocycles. The van der Waals surface area contributed by atoms with Crippen LogP contribution in [-0.4, -0.2) is 67.6 Å². The fourth-order valence-electron chi connectivity index (χ4n) is 2.13. The van der Waals surface area contributed by atoms with Gasteiger partial charge in [0.25, 0.3) is 0 Å². The highest BCUT2D eigenvalue weighted by Gasteiger charge is 2.32. The molecule has 2 rings (SSSR count). The Morgan fingerprint density at radius 1 is 1.28 bits per heavy atom. The molecule has 2 saturated heterocycles. The molecule has 2 fully saturated rings. The Bertz CT molecular complexity index is 317. The monoisotopic (exact) mass is 258 g/mol. The number of aliphatic carboxylic acids is 1. The van der Waals surface area contributed by atoms with E-state index in [1.807, 2.05) is 0 Å². The Kier molecular flexibility index (Phi) is 4.38. The van der Waals surface area contributed by atoms with E-state index in [0.29, 0.717) is 32.2 Å². The lowest BCUT2D eigenvalue weighted by atomic mass is 10.1. The Labute approximate surface area is 105 Å². The summed E-state index contributed by atoms with van der Waals surface area (Å²) < 4.78 is 10.3.